The second kappa shape index (κ2) is 4.55. The maximum Gasteiger partial charge on any atom is 0.154 e. The van der Waals surface area contributed by atoms with E-state index in [0.29, 0.717) is 11.7 Å². The molecule has 0 amide bonds. The van der Waals surface area contributed by atoms with Gasteiger partial charge in [0.1, 0.15) is 17.5 Å². The second-order valence-corrected chi connectivity index (χ2v) is 6.14. The highest BCUT2D eigenvalue weighted by Crippen LogP contribution is 2.35. The molecule has 3 N–H and O–H groups in total. The molecule has 3 aromatic heterocycles. The topological polar surface area (TPSA) is 84.9 Å². The number of H-pyrrole nitrogens is 1. The van der Waals surface area contributed by atoms with Gasteiger partial charge in [-0.2, -0.15) is 5.10 Å². The minimum absolute atomic E-state index is 0.445. The summed E-state index contributed by atoms with van der Waals surface area (Å²) in [5, 5.41) is 5.75. The van der Waals surface area contributed by atoms with Crippen LogP contribution in [-0.4, -0.2) is 24.6 Å². The molecule has 4 aromatic rings. The van der Waals surface area contributed by atoms with Gasteiger partial charge in [0.2, 0.25) is 0 Å². The average Bonchev–Trinajstić information content (AvgIpc) is 3.08. The van der Waals surface area contributed by atoms with E-state index in [1.165, 1.54) is 6.42 Å². The Bertz CT molecular complexity index is 991. The fraction of sp³-hybridized carbons (Fsp3) is 0.235. The number of aromatic nitrogens is 5. The number of fused-ring (bicyclic) bond motifs is 2. The predicted octanol–water partition coefficient (Wildman–Crippen LogP) is 3.12. The highest BCUT2D eigenvalue weighted by molar-refractivity contribution is 5.90. The highest BCUT2D eigenvalue weighted by Gasteiger charge is 2.24. The molecule has 0 unspecified atom stereocenters. The van der Waals surface area contributed by atoms with Crippen molar-refractivity contribution in [2.45, 2.75) is 25.2 Å². The molecular formula is C17H16N6. The zero-order valence-electron chi connectivity index (χ0n) is 12.5. The first-order chi connectivity index (χ1) is 11.3. The van der Waals surface area contributed by atoms with Crippen LogP contribution in [0, 0.1) is 0 Å². The Morgan fingerprint density at radius 3 is 2.87 bits per heavy atom. The summed E-state index contributed by atoms with van der Waals surface area (Å²) in [6.45, 7) is 0. The number of anilines is 1. The lowest BCUT2D eigenvalue weighted by Gasteiger charge is -2.23. The third kappa shape index (κ3) is 1.84. The van der Waals surface area contributed by atoms with Crippen molar-refractivity contribution in [3.63, 3.8) is 0 Å². The number of aromatic amines is 1. The van der Waals surface area contributed by atoms with Crippen molar-refractivity contribution in [2.75, 3.05) is 5.73 Å². The standard InChI is InChI=1S/C17H16N6/c18-16-15-14(13-8-11-4-1-2-7-12(11)20-13)19-9-23(15)22-17(21-16)10-5-3-6-10/h1-2,4,7-10,20H,3,5-6H2,(H2,18,21,22). The fourth-order valence-corrected chi connectivity index (χ4v) is 3.20. The zero-order chi connectivity index (χ0) is 15.4. The van der Waals surface area contributed by atoms with Crippen molar-refractivity contribution in [1.82, 2.24) is 24.6 Å². The number of nitrogens with zero attached hydrogens (tertiary/aromatic N) is 4. The lowest BCUT2D eigenvalue weighted by Crippen LogP contribution is -2.15. The molecule has 1 fully saturated rings. The largest absolute Gasteiger partial charge is 0.382 e. The van der Waals surface area contributed by atoms with Gasteiger partial charge >= 0.3 is 0 Å². The van der Waals surface area contributed by atoms with Crippen molar-refractivity contribution in [1.29, 1.82) is 0 Å². The van der Waals surface area contributed by atoms with Crippen molar-refractivity contribution >= 4 is 22.2 Å². The van der Waals surface area contributed by atoms with Gasteiger partial charge in [0.15, 0.2) is 11.6 Å². The quantitative estimate of drug-likeness (QED) is 0.596. The van der Waals surface area contributed by atoms with E-state index in [9.17, 15) is 0 Å². The molecule has 6 nitrogen and oxygen atoms in total. The van der Waals surface area contributed by atoms with Gasteiger partial charge in [0, 0.05) is 16.8 Å². The average molecular weight is 304 g/mol. The molecule has 6 heteroatoms. The van der Waals surface area contributed by atoms with E-state index in [1.807, 2.05) is 18.2 Å². The van der Waals surface area contributed by atoms with E-state index in [0.717, 1.165) is 46.5 Å². The summed E-state index contributed by atoms with van der Waals surface area (Å²) >= 11 is 0. The number of nitrogens with one attached hydrogen (secondary N) is 1. The fourth-order valence-electron chi connectivity index (χ4n) is 3.20. The van der Waals surface area contributed by atoms with Crippen molar-refractivity contribution in [3.8, 4) is 11.4 Å². The minimum atomic E-state index is 0.445. The normalized spacial score (nSPS) is 15.3. The molecule has 0 radical (unpaired) electrons. The molecule has 1 aliphatic carbocycles. The van der Waals surface area contributed by atoms with Gasteiger partial charge in [-0.3, -0.25) is 0 Å². The number of hydrogen-bond donors (Lipinski definition) is 2. The van der Waals surface area contributed by atoms with Crippen molar-refractivity contribution < 1.29 is 0 Å². The van der Waals surface area contributed by atoms with Gasteiger partial charge in [-0.25, -0.2) is 14.5 Å². The lowest BCUT2D eigenvalue weighted by molar-refractivity contribution is 0.397. The Hall–Kier alpha value is -2.89. The molecule has 1 saturated carbocycles. The third-order valence-electron chi connectivity index (χ3n) is 4.69. The molecule has 1 aromatic carbocycles. The number of benzene rings is 1. The Labute approximate surface area is 132 Å². The number of rotatable bonds is 2. The van der Waals surface area contributed by atoms with Crippen LogP contribution in [0.25, 0.3) is 27.8 Å². The summed E-state index contributed by atoms with van der Waals surface area (Å²) in [6, 6.07) is 10.2. The molecule has 0 atom stereocenters. The van der Waals surface area contributed by atoms with E-state index in [1.54, 1.807) is 10.8 Å². The summed E-state index contributed by atoms with van der Waals surface area (Å²) in [4.78, 5) is 12.4. The Balaban J connectivity index is 1.69. The molecule has 0 bridgehead atoms. The molecule has 3 heterocycles. The second-order valence-electron chi connectivity index (χ2n) is 6.14. The lowest BCUT2D eigenvalue weighted by atomic mass is 9.85. The first kappa shape index (κ1) is 12.6. The van der Waals surface area contributed by atoms with E-state index >= 15 is 0 Å². The zero-order valence-corrected chi connectivity index (χ0v) is 12.5. The van der Waals surface area contributed by atoms with Crippen LogP contribution in [0.4, 0.5) is 5.82 Å². The van der Waals surface area contributed by atoms with E-state index in [-0.39, 0.29) is 0 Å². The monoisotopic (exact) mass is 304 g/mol. The molecule has 1 aliphatic rings. The van der Waals surface area contributed by atoms with Crippen LogP contribution in [-0.2, 0) is 0 Å². The highest BCUT2D eigenvalue weighted by atomic mass is 15.3. The summed E-state index contributed by atoms with van der Waals surface area (Å²) in [6.07, 6.45) is 5.26. The van der Waals surface area contributed by atoms with Crippen LogP contribution in [0.15, 0.2) is 36.7 Å². The third-order valence-corrected chi connectivity index (χ3v) is 4.69. The van der Waals surface area contributed by atoms with E-state index < -0.39 is 0 Å². The Morgan fingerprint density at radius 2 is 2.09 bits per heavy atom. The number of nitrogens with two attached hydrogens (primary N) is 1. The molecule has 114 valence electrons. The van der Waals surface area contributed by atoms with Gasteiger partial charge < -0.3 is 10.7 Å². The summed E-state index contributed by atoms with van der Waals surface area (Å²) in [5.41, 5.74) is 9.79. The molecule has 0 spiro atoms. The van der Waals surface area contributed by atoms with Crippen LogP contribution in [0.3, 0.4) is 0 Å². The summed E-state index contributed by atoms with van der Waals surface area (Å²) < 4.78 is 1.76. The van der Waals surface area contributed by atoms with Crippen molar-refractivity contribution in [3.05, 3.63) is 42.5 Å². The van der Waals surface area contributed by atoms with Crippen LogP contribution < -0.4 is 5.73 Å². The van der Waals surface area contributed by atoms with Gasteiger partial charge in [0.05, 0.1) is 5.69 Å². The van der Waals surface area contributed by atoms with Crippen molar-refractivity contribution in [2.24, 2.45) is 0 Å². The molecule has 0 saturated heterocycles. The first-order valence-electron chi connectivity index (χ1n) is 7.88. The molecular weight excluding hydrogens is 288 g/mol. The predicted molar refractivity (Wildman–Crippen MR) is 89.1 cm³/mol. The van der Waals surface area contributed by atoms with Crippen LogP contribution in [0.5, 0.6) is 0 Å². The maximum atomic E-state index is 6.22. The Morgan fingerprint density at radius 1 is 1.22 bits per heavy atom. The molecule has 5 rings (SSSR count). The maximum absolute atomic E-state index is 6.22. The number of para-hydroxylation sites is 1. The molecule has 0 aliphatic heterocycles. The Kier molecular flexibility index (Phi) is 2.50. The smallest absolute Gasteiger partial charge is 0.154 e. The van der Waals surface area contributed by atoms with E-state index in [4.69, 9.17) is 5.73 Å². The number of nitrogen functional groups attached to an aromatic ring is 1. The molecule has 23 heavy (non-hydrogen) atoms. The van der Waals surface area contributed by atoms with E-state index in [2.05, 4.69) is 32.2 Å². The van der Waals surface area contributed by atoms with Crippen LogP contribution in [0.2, 0.25) is 0 Å². The summed E-state index contributed by atoms with van der Waals surface area (Å²) in [5.74, 6) is 1.77. The van der Waals surface area contributed by atoms with Crippen LogP contribution in [0.1, 0.15) is 31.0 Å². The summed E-state index contributed by atoms with van der Waals surface area (Å²) in [7, 11) is 0. The van der Waals surface area contributed by atoms with Gasteiger partial charge in [0.25, 0.3) is 0 Å². The first-order valence-corrected chi connectivity index (χ1v) is 7.88. The van der Waals surface area contributed by atoms with Gasteiger partial charge in [-0.15, -0.1) is 0 Å². The van der Waals surface area contributed by atoms with Crippen LogP contribution >= 0.6 is 0 Å². The van der Waals surface area contributed by atoms with Gasteiger partial charge in [-0.05, 0) is 25.0 Å². The SMILES string of the molecule is Nc1nc(C2CCC2)nn2cnc(-c3cc4ccccc4[nH]3)c12. The number of imidazole rings is 1. The minimum Gasteiger partial charge on any atom is -0.382 e. The van der Waals surface area contributed by atoms with Gasteiger partial charge in [-0.1, -0.05) is 24.6 Å². The number of hydrogen-bond acceptors (Lipinski definition) is 4.